The van der Waals surface area contributed by atoms with Crippen molar-refractivity contribution >= 4 is 22.4 Å². The van der Waals surface area contributed by atoms with Gasteiger partial charge in [-0.25, -0.2) is 0 Å². The third kappa shape index (κ3) is 2.80. The number of nitrogens with zero attached hydrogens (tertiary/aromatic N) is 1. The Balaban J connectivity index is 2.06. The van der Waals surface area contributed by atoms with Gasteiger partial charge in [-0.05, 0) is 11.5 Å². The number of carbonyl (C=O) groups excluding carboxylic acids is 1. The van der Waals surface area contributed by atoms with E-state index in [0.717, 1.165) is 5.69 Å². The van der Waals surface area contributed by atoms with Crippen molar-refractivity contribution in [1.29, 1.82) is 0 Å². The number of amides is 1. The van der Waals surface area contributed by atoms with Crippen LogP contribution in [0.4, 0.5) is 5.69 Å². The van der Waals surface area contributed by atoms with Gasteiger partial charge in [-0.3, -0.25) is 4.79 Å². The zero-order chi connectivity index (χ0) is 13.0. The molecule has 0 aromatic heterocycles. The van der Waals surface area contributed by atoms with E-state index in [4.69, 9.17) is 0 Å². The summed E-state index contributed by atoms with van der Waals surface area (Å²) in [6.45, 7) is 0.658. The Bertz CT molecular complexity index is 544. The molecule has 3 heteroatoms. The van der Waals surface area contributed by atoms with E-state index in [1.165, 1.54) is 10.8 Å². The zero-order valence-electron chi connectivity index (χ0n) is 10.8. The van der Waals surface area contributed by atoms with Crippen LogP contribution in [-0.2, 0) is 4.79 Å². The molecule has 0 unspecified atom stereocenters. The topological polar surface area (TPSA) is 32.3 Å². The molecule has 0 aliphatic rings. The van der Waals surface area contributed by atoms with Gasteiger partial charge in [-0.2, -0.15) is 0 Å². The quantitative estimate of drug-likeness (QED) is 0.894. The Morgan fingerprint density at radius 3 is 2.61 bits per heavy atom. The van der Waals surface area contributed by atoms with Gasteiger partial charge in [0.15, 0.2) is 0 Å². The Hall–Kier alpha value is -2.03. The minimum Gasteiger partial charge on any atom is -0.384 e. The van der Waals surface area contributed by atoms with Gasteiger partial charge in [0.25, 0.3) is 0 Å². The van der Waals surface area contributed by atoms with Crippen molar-refractivity contribution in [2.75, 3.05) is 26.0 Å². The molecular weight excluding hydrogens is 224 g/mol. The second-order valence-electron chi connectivity index (χ2n) is 4.49. The Labute approximate surface area is 107 Å². The van der Waals surface area contributed by atoms with Gasteiger partial charge in [0.05, 0.1) is 0 Å². The normalized spacial score (nSPS) is 10.3. The molecule has 2 rings (SSSR count). The molecule has 1 amide bonds. The maximum Gasteiger partial charge on any atom is 0.223 e. The molecule has 2 aromatic rings. The maximum atomic E-state index is 11.5. The fourth-order valence-electron chi connectivity index (χ4n) is 1.91. The highest BCUT2D eigenvalue weighted by Gasteiger charge is 2.04. The Morgan fingerprint density at radius 1 is 1.11 bits per heavy atom. The van der Waals surface area contributed by atoms with Crippen LogP contribution in [0.25, 0.3) is 10.8 Å². The van der Waals surface area contributed by atoms with E-state index in [1.807, 2.05) is 24.3 Å². The highest BCUT2D eigenvalue weighted by atomic mass is 16.2. The molecule has 0 spiro atoms. The first-order valence-corrected chi connectivity index (χ1v) is 6.10. The molecule has 0 radical (unpaired) electrons. The van der Waals surface area contributed by atoms with E-state index in [9.17, 15) is 4.79 Å². The average Bonchev–Trinajstić information content (AvgIpc) is 2.38. The van der Waals surface area contributed by atoms with Gasteiger partial charge >= 0.3 is 0 Å². The number of nitrogens with one attached hydrogen (secondary N) is 1. The molecule has 0 heterocycles. The van der Waals surface area contributed by atoms with Gasteiger partial charge in [0, 0.05) is 38.1 Å². The lowest BCUT2D eigenvalue weighted by Crippen LogP contribution is -2.23. The molecule has 0 fully saturated rings. The molecule has 0 atom stereocenters. The maximum absolute atomic E-state index is 11.5. The minimum atomic E-state index is 0.141. The largest absolute Gasteiger partial charge is 0.384 e. The van der Waals surface area contributed by atoms with Gasteiger partial charge in [0.1, 0.15) is 0 Å². The third-order valence-electron chi connectivity index (χ3n) is 2.94. The first-order valence-electron chi connectivity index (χ1n) is 6.10. The molecule has 18 heavy (non-hydrogen) atoms. The molecule has 0 aliphatic heterocycles. The van der Waals surface area contributed by atoms with Gasteiger partial charge in [-0.15, -0.1) is 0 Å². The van der Waals surface area contributed by atoms with Crippen molar-refractivity contribution in [3.05, 3.63) is 42.5 Å². The first kappa shape index (κ1) is 12.4. The van der Waals surface area contributed by atoms with E-state index in [-0.39, 0.29) is 5.91 Å². The lowest BCUT2D eigenvalue weighted by molar-refractivity contribution is -0.128. The van der Waals surface area contributed by atoms with Crippen molar-refractivity contribution < 1.29 is 4.79 Å². The number of rotatable bonds is 4. The number of carbonyl (C=O) groups is 1. The summed E-state index contributed by atoms with van der Waals surface area (Å²) >= 11 is 0. The lowest BCUT2D eigenvalue weighted by Gasteiger charge is -2.12. The summed E-state index contributed by atoms with van der Waals surface area (Å²) in [4.78, 5) is 13.1. The van der Waals surface area contributed by atoms with E-state index in [1.54, 1.807) is 19.0 Å². The standard InChI is InChI=1S/C15H18N2O/c1-17(2)15(18)10-11-16-14-9-5-7-12-6-3-4-8-13(12)14/h3-9,16H,10-11H2,1-2H3. The van der Waals surface area contributed by atoms with E-state index in [2.05, 4.69) is 23.5 Å². The fourth-order valence-corrected chi connectivity index (χ4v) is 1.91. The van der Waals surface area contributed by atoms with Crippen LogP contribution in [0.3, 0.4) is 0 Å². The van der Waals surface area contributed by atoms with Crippen LogP contribution in [0.15, 0.2) is 42.5 Å². The monoisotopic (exact) mass is 242 g/mol. The van der Waals surface area contributed by atoms with Crippen LogP contribution in [0.1, 0.15) is 6.42 Å². The summed E-state index contributed by atoms with van der Waals surface area (Å²) in [5.41, 5.74) is 1.08. The van der Waals surface area contributed by atoms with Crippen molar-refractivity contribution in [3.8, 4) is 0 Å². The van der Waals surface area contributed by atoms with Crippen LogP contribution in [0.2, 0.25) is 0 Å². The first-order chi connectivity index (χ1) is 8.68. The van der Waals surface area contributed by atoms with Crippen LogP contribution >= 0.6 is 0 Å². The van der Waals surface area contributed by atoms with Crippen molar-refractivity contribution in [2.45, 2.75) is 6.42 Å². The Kier molecular flexibility index (Phi) is 3.82. The number of fused-ring (bicyclic) bond motifs is 1. The summed E-state index contributed by atoms with van der Waals surface area (Å²) in [7, 11) is 3.56. The van der Waals surface area contributed by atoms with Gasteiger partial charge in [0.2, 0.25) is 5.91 Å². The Morgan fingerprint density at radius 2 is 1.83 bits per heavy atom. The summed E-state index contributed by atoms with van der Waals surface area (Å²) in [6.07, 6.45) is 0.510. The predicted molar refractivity (Wildman–Crippen MR) is 75.7 cm³/mol. The summed E-state index contributed by atoms with van der Waals surface area (Å²) in [5, 5.41) is 5.73. The molecule has 0 saturated heterocycles. The van der Waals surface area contributed by atoms with Crippen LogP contribution in [0, 0.1) is 0 Å². The molecule has 0 saturated carbocycles. The summed E-state index contributed by atoms with van der Waals surface area (Å²) < 4.78 is 0. The number of hydrogen-bond donors (Lipinski definition) is 1. The summed E-state index contributed by atoms with van der Waals surface area (Å²) in [6, 6.07) is 14.4. The fraction of sp³-hybridized carbons (Fsp3) is 0.267. The second kappa shape index (κ2) is 5.54. The van der Waals surface area contributed by atoms with E-state index < -0.39 is 0 Å². The second-order valence-corrected chi connectivity index (χ2v) is 4.49. The van der Waals surface area contributed by atoms with Crippen LogP contribution in [-0.4, -0.2) is 31.4 Å². The molecule has 0 bridgehead atoms. The molecule has 94 valence electrons. The highest BCUT2D eigenvalue weighted by molar-refractivity contribution is 5.93. The minimum absolute atomic E-state index is 0.141. The third-order valence-corrected chi connectivity index (χ3v) is 2.94. The SMILES string of the molecule is CN(C)C(=O)CCNc1cccc2ccccc12. The molecule has 1 N–H and O–H groups in total. The van der Waals surface area contributed by atoms with Crippen molar-refractivity contribution in [3.63, 3.8) is 0 Å². The molecular formula is C15H18N2O. The zero-order valence-corrected chi connectivity index (χ0v) is 10.8. The van der Waals surface area contributed by atoms with Crippen molar-refractivity contribution in [2.24, 2.45) is 0 Å². The molecule has 0 aliphatic carbocycles. The number of anilines is 1. The van der Waals surface area contributed by atoms with Gasteiger partial charge < -0.3 is 10.2 Å². The van der Waals surface area contributed by atoms with Gasteiger partial charge in [-0.1, -0.05) is 36.4 Å². The average molecular weight is 242 g/mol. The molecule has 2 aromatic carbocycles. The van der Waals surface area contributed by atoms with Crippen molar-refractivity contribution in [1.82, 2.24) is 4.90 Å². The van der Waals surface area contributed by atoms with E-state index >= 15 is 0 Å². The highest BCUT2D eigenvalue weighted by Crippen LogP contribution is 2.22. The number of benzene rings is 2. The smallest absolute Gasteiger partial charge is 0.223 e. The summed E-state index contributed by atoms with van der Waals surface area (Å²) in [5.74, 6) is 0.141. The predicted octanol–water partition coefficient (Wildman–Crippen LogP) is 2.73. The number of hydrogen-bond acceptors (Lipinski definition) is 2. The van der Waals surface area contributed by atoms with Crippen LogP contribution in [0.5, 0.6) is 0 Å². The van der Waals surface area contributed by atoms with E-state index in [0.29, 0.717) is 13.0 Å². The molecule has 3 nitrogen and oxygen atoms in total. The van der Waals surface area contributed by atoms with Crippen LogP contribution < -0.4 is 5.32 Å². The lowest BCUT2D eigenvalue weighted by atomic mass is 10.1.